The average molecular weight is 360 g/mol. The van der Waals surface area contributed by atoms with Crippen molar-refractivity contribution in [1.82, 2.24) is 0 Å². The van der Waals surface area contributed by atoms with Gasteiger partial charge in [0, 0.05) is 0 Å². The molecule has 2 aromatic carbocycles. The van der Waals surface area contributed by atoms with E-state index in [1.807, 2.05) is 0 Å². The Morgan fingerprint density at radius 1 is 0.731 bits per heavy atom. The first-order chi connectivity index (χ1) is 12.6. The average Bonchev–Trinajstić information content (AvgIpc) is 2.65. The van der Waals surface area contributed by atoms with Crippen LogP contribution in [0, 0.1) is 23.5 Å². The molecule has 0 aromatic heterocycles. The van der Waals surface area contributed by atoms with E-state index in [1.165, 1.54) is 36.4 Å². The minimum atomic E-state index is -0.748. The number of ether oxygens (including phenoxy) is 2. The van der Waals surface area contributed by atoms with Crippen molar-refractivity contribution in [2.45, 2.75) is 25.7 Å². The van der Waals surface area contributed by atoms with Crippen molar-refractivity contribution in [3.05, 3.63) is 60.2 Å². The Morgan fingerprint density at radius 3 is 1.50 bits per heavy atom. The summed E-state index contributed by atoms with van der Waals surface area (Å²) in [5.74, 6) is -4.50. The number of rotatable bonds is 4. The highest BCUT2D eigenvalue weighted by atomic mass is 19.1. The van der Waals surface area contributed by atoms with E-state index in [2.05, 4.69) is 0 Å². The smallest absolute Gasteiger partial charge is 0.315 e. The first-order valence-electron chi connectivity index (χ1n) is 8.48. The number of carbonyl (C=O) groups excluding carboxylic acids is 2. The lowest BCUT2D eigenvalue weighted by atomic mass is 9.79. The minimum Gasteiger partial charge on any atom is -0.423 e. The predicted molar refractivity (Wildman–Crippen MR) is 89.5 cm³/mol. The Morgan fingerprint density at radius 2 is 1.12 bits per heavy atom. The molecule has 26 heavy (non-hydrogen) atoms. The van der Waals surface area contributed by atoms with Gasteiger partial charge in [0.15, 0.2) is 23.1 Å². The normalized spacial score (nSPS) is 19.6. The zero-order valence-corrected chi connectivity index (χ0v) is 14.0. The highest BCUT2D eigenvalue weighted by Crippen LogP contribution is 2.33. The third kappa shape index (κ3) is 4.07. The standard InChI is InChI=1S/C20H18F2O4/c21-15-9-3-5-11-17(15)25-19(23)13-7-1-2-8-14(13)20(24)26-18-12-6-4-10-16(18)22/h3-6,9-14H,1-2,7-8H2. The molecule has 1 aliphatic rings. The van der Waals surface area contributed by atoms with Crippen LogP contribution in [-0.4, -0.2) is 11.9 Å². The van der Waals surface area contributed by atoms with Gasteiger partial charge in [0.25, 0.3) is 0 Å². The van der Waals surface area contributed by atoms with Crippen molar-refractivity contribution < 1.29 is 27.8 Å². The molecule has 2 atom stereocenters. The summed E-state index contributed by atoms with van der Waals surface area (Å²) in [6, 6.07) is 11.2. The van der Waals surface area contributed by atoms with Gasteiger partial charge in [-0.25, -0.2) is 8.78 Å². The molecule has 2 unspecified atom stereocenters. The number of hydrogen-bond donors (Lipinski definition) is 0. The van der Waals surface area contributed by atoms with Crippen LogP contribution in [-0.2, 0) is 9.59 Å². The van der Waals surface area contributed by atoms with Gasteiger partial charge in [0.05, 0.1) is 11.8 Å². The van der Waals surface area contributed by atoms with E-state index in [4.69, 9.17) is 9.47 Å². The lowest BCUT2D eigenvalue weighted by molar-refractivity contribution is -0.152. The van der Waals surface area contributed by atoms with Crippen molar-refractivity contribution in [2.75, 3.05) is 0 Å². The molecule has 1 fully saturated rings. The van der Waals surface area contributed by atoms with Gasteiger partial charge in [-0.3, -0.25) is 9.59 Å². The lowest BCUT2D eigenvalue weighted by Gasteiger charge is -2.28. The second-order valence-corrected chi connectivity index (χ2v) is 6.20. The lowest BCUT2D eigenvalue weighted by Crippen LogP contribution is -2.37. The second kappa shape index (κ2) is 8.08. The summed E-state index contributed by atoms with van der Waals surface area (Å²) >= 11 is 0. The van der Waals surface area contributed by atoms with E-state index >= 15 is 0 Å². The molecular weight excluding hydrogens is 342 g/mol. The molecule has 0 spiro atoms. The van der Waals surface area contributed by atoms with Gasteiger partial charge in [-0.1, -0.05) is 37.1 Å². The topological polar surface area (TPSA) is 52.6 Å². The van der Waals surface area contributed by atoms with Crippen LogP contribution in [0.25, 0.3) is 0 Å². The van der Waals surface area contributed by atoms with Gasteiger partial charge in [-0.15, -0.1) is 0 Å². The van der Waals surface area contributed by atoms with Gasteiger partial charge in [0.1, 0.15) is 0 Å². The van der Waals surface area contributed by atoms with Crippen molar-refractivity contribution in [2.24, 2.45) is 11.8 Å². The van der Waals surface area contributed by atoms with Gasteiger partial charge in [-0.2, -0.15) is 0 Å². The number of benzene rings is 2. The molecule has 2 aromatic rings. The monoisotopic (exact) mass is 360 g/mol. The quantitative estimate of drug-likeness (QED) is 0.603. The van der Waals surface area contributed by atoms with E-state index in [0.29, 0.717) is 12.8 Å². The molecule has 0 saturated heterocycles. The third-order valence-corrected chi connectivity index (χ3v) is 4.47. The number of carbonyl (C=O) groups is 2. The Bertz CT molecular complexity index is 738. The molecule has 3 rings (SSSR count). The molecule has 1 saturated carbocycles. The first kappa shape index (κ1) is 18.0. The molecule has 0 aliphatic heterocycles. The Kier molecular flexibility index (Phi) is 5.61. The van der Waals surface area contributed by atoms with Crippen LogP contribution in [0.2, 0.25) is 0 Å². The zero-order valence-electron chi connectivity index (χ0n) is 14.0. The van der Waals surface area contributed by atoms with Crippen LogP contribution in [0.1, 0.15) is 25.7 Å². The zero-order chi connectivity index (χ0) is 18.5. The SMILES string of the molecule is O=C(Oc1ccccc1F)C1CCCCC1C(=O)Oc1ccccc1F. The maximum absolute atomic E-state index is 13.7. The maximum atomic E-state index is 13.7. The molecular formula is C20H18F2O4. The minimum absolute atomic E-state index is 0.177. The van der Waals surface area contributed by atoms with Crippen molar-refractivity contribution >= 4 is 11.9 Å². The van der Waals surface area contributed by atoms with Gasteiger partial charge in [0.2, 0.25) is 0 Å². The Labute approximate surface area is 149 Å². The molecule has 4 nitrogen and oxygen atoms in total. The fraction of sp³-hybridized carbons (Fsp3) is 0.300. The second-order valence-electron chi connectivity index (χ2n) is 6.20. The van der Waals surface area contributed by atoms with Crippen LogP contribution >= 0.6 is 0 Å². The Balaban J connectivity index is 1.73. The van der Waals surface area contributed by atoms with E-state index in [0.717, 1.165) is 12.8 Å². The van der Waals surface area contributed by atoms with Crippen LogP contribution in [0.5, 0.6) is 11.5 Å². The van der Waals surface area contributed by atoms with Crippen molar-refractivity contribution in [3.8, 4) is 11.5 Å². The molecule has 0 N–H and O–H groups in total. The fourth-order valence-corrected chi connectivity index (χ4v) is 3.12. The summed E-state index contributed by atoms with van der Waals surface area (Å²) in [6.07, 6.45) is 2.37. The number of halogens is 2. The summed E-state index contributed by atoms with van der Waals surface area (Å²) in [7, 11) is 0. The molecule has 1 aliphatic carbocycles. The summed E-state index contributed by atoms with van der Waals surface area (Å²) in [5, 5.41) is 0. The molecule has 0 radical (unpaired) electrons. The molecule has 0 amide bonds. The van der Waals surface area contributed by atoms with E-state index in [9.17, 15) is 18.4 Å². The van der Waals surface area contributed by atoms with E-state index < -0.39 is 35.4 Å². The van der Waals surface area contributed by atoms with Gasteiger partial charge >= 0.3 is 11.9 Å². The summed E-state index contributed by atoms with van der Waals surface area (Å²) in [5.41, 5.74) is 0. The van der Waals surface area contributed by atoms with Crippen LogP contribution in [0.15, 0.2) is 48.5 Å². The molecule has 0 bridgehead atoms. The predicted octanol–water partition coefficient (Wildman–Crippen LogP) is 4.28. The van der Waals surface area contributed by atoms with E-state index in [-0.39, 0.29) is 11.5 Å². The van der Waals surface area contributed by atoms with Crippen LogP contribution in [0.4, 0.5) is 8.78 Å². The van der Waals surface area contributed by atoms with E-state index in [1.54, 1.807) is 12.1 Å². The first-order valence-corrected chi connectivity index (χ1v) is 8.48. The van der Waals surface area contributed by atoms with Crippen LogP contribution in [0.3, 0.4) is 0 Å². The summed E-state index contributed by atoms with van der Waals surface area (Å²) in [4.78, 5) is 25.0. The van der Waals surface area contributed by atoms with Crippen LogP contribution < -0.4 is 9.47 Å². The highest BCUT2D eigenvalue weighted by molar-refractivity contribution is 5.84. The third-order valence-electron chi connectivity index (χ3n) is 4.47. The Hall–Kier alpha value is -2.76. The van der Waals surface area contributed by atoms with Gasteiger partial charge in [-0.05, 0) is 37.1 Å². The summed E-state index contributed by atoms with van der Waals surface area (Å²) < 4.78 is 37.7. The highest BCUT2D eigenvalue weighted by Gasteiger charge is 2.38. The number of hydrogen-bond acceptors (Lipinski definition) is 4. The van der Waals surface area contributed by atoms with Gasteiger partial charge < -0.3 is 9.47 Å². The number of esters is 2. The fourth-order valence-electron chi connectivity index (χ4n) is 3.12. The maximum Gasteiger partial charge on any atom is 0.315 e. The largest absolute Gasteiger partial charge is 0.423 e. The molecule has 136 valence electrons. The van der Waals surface area contributed by atoms with Crippen molar-refractivity contribution in [1.29, 1.82) is 0 Å². The molecule has 0 heterocycles. The number of para-hydroxylation sites is 2. The molecule has 6 heteroatoms. The van der Waals surface area contributed by atoms with Crippen molar-refractivity contribution in [3.63, 3.8) is 0 Å². The summed E-state index contributed by atoms with van der Waals surface area (Å²) in [6.45, 7) is 0.